The minimum Gasteiger partial charge on any atom is -0.324 e. The largest absolute Gasteiger partial charge is 0.324 e. The topological polar surface area (TPSA) is 73.2 Å². The van der Waals surface area contributed by atoms with E-state index in [1.165, 1.54) is 11.3 Å². The van der Waals surface area contributed by atoms with E-state index in [4.69, 9.17) is 5.26 Å². The number of nitrogens with one attached hydrogen (secondary N) is 1. The molecule has 116 valence electrons. The quantitative estimate of drug-likeness (QED) is 0.930. The van der Waals surface area contributed by atoms with Gasteiger partial charge in [0.15, 0.2) is 0 Å². The van der Waals surface area contributed by atoms with Gasteiger partial charge in [-0.1, -0.05) is 6.07 Å². The predicted octanol–water partition coefficient (Wildman–Crippen LogP) is 2.77. The second-order valence-corrected chi connectivity index (χ2v) is 6.89. The lowest BCUT2D eigenvalue weighted by molar-refractivity contribution is -0.119. The van der Waals surface area contributed by atoms with E-state index in [0.717, 1.165) is 0 Å². The van der Waals surface area contributed by atoms with Crippen LogP contribution in [0.25, 0.3) is 0 Å². The standard InChI is InChI=1S/C16H13N3O2S2/c17-8-11-3-5-12(6-4-11)18-15(20)13-9-22-10-19(13)16(21)14-2-1-7-23-14/h1-7,13H,9-10H2,(H,18,20)/t13-/m0/s1. The van der Waals surface area contributed by atoms with Gasteiger partial charge >= 0.3 is 0 Å². The van der Waals surface area contributed by atoms with Crippen LogP contribution in [-0.4, -0.2) is 34.4 Å². The smallest absolute Gasteiger partial charge is 0.265 e. The molecule has 5 nitrogen and oxygen atoms in total. The number of nitrogens with zero attached hydrogens (tertiary/aromatic N) is 2. The normalized spacial score (nSPS) is 16.8. The van der Waals surface area contributed by atoms with E-state index >= 15 is 0 Å². The summed E-state index contributed by atoms with van der Waals surface area (Å²) < 4.78 is 0. The summed E-state index contributed by atoms with van der Waals surface area (Å²) in [6, 6.07) is 11.8. The van der Waals surface area contributed by atoms with E-state index in [9.17, 15) is 9.59 Å². The second kappa shape index (κ2) is 6.86. The van der Waals surface area contributed by atoms with E-state index in [1.54, 1.807) is 47.0 Å². The molecule has 23 heavy (non-hydrogen) atoms. The third-order valence-corrected chi connectivity index (χ3v) is 5.33. The molecule has 0 bridgehead atoms. The maximum atomic E-state index is 12.5. The number of amides is 2. The van der Waals surface area contributed by atoms with E-state index in [0.29, 0.717) is 27.8 Å². The summed E-state index contributed by atoms with van der Waals surface area (Å²) in [4.78, 5) is 27.2. The van der Waals surface area contributed by atoms with Crippen molar-refractivity contribution in [1.82, 2.24) is 4.90 Å². The third kappa shape index (κ3) is 3.38. The highest BCUT2D eigenvalue weighted by molar-refractivity contribution is 7.99. The van der Waals surface area contributed by atoms with Gasteiger partial charge in [-0.2, -0.15) is 5.26 Å². The number of thiophene rings is 1. The van der Waals surface area contributed by atoms with Crippen LogP contribution in [0.3, 0.4) is 0 Å². The molecular formula is C16H13N3O2S2. The average Bonchev–Trinajstić information content (AvgIpc) is 3.26. The summed E-state index contributed by atoms with van der Waals surface area (Å²) in [5.41, 5.74) is 1.16. The van der Waals surface area contributed by atoms with Gasteiger partial charge in [0.25, 0.3) is 5.91 Å². The van der Waals surface area contributed by atoms with Crippen molar-refractivity contribution < 1.29 is 9.59 Å². The molecule has 1 aromatic carbocycles. The van der Waals surface area contributed by atoms with Crippen LogP contribution in [0, 0.1) is 11.3 Å². The Bertz CT molecular complexity index is 751. The van der Waals surface area contributed by atoms with Gasteiger partial charge in [0.1, 0.15) is 6.04 Å². The molecule has 1 N–H and O–H groups in total. The second-order valence-electron chi connectivity index (χ2n) is 4.95. The van der Waals surface area contributed by atoms with E-state index in [2.05, 4.69) is 5.32 Å². The molecule has 1 saturated heterocycles. The first-order valence-corrected chi connectivity index (χ1v) is 8.96. The van der Waals surface area contributed by atoms with Crippen molar-refractivity contribution in [3.05, 3.63) is 52.2 Å². The zero-order chi connectivity index (χ0) is 16.2. The molecule has 2 aromatic rings. The summed E-state index contributed by atoms with van der Waals surface area (Å²) >= 11 is 2.94. The highest BCUT2D eigenvalue weighted by Gasteiger charge is 2.35. The van der Waals surface area contributed by atoms with Gasteiger partial charge in [-0.05, 0) is 35.7 Å². The zero-order valence-electron chi connectivity index (χ0n) is 12.1. The molecule has 1 aliphatic heterocycles. The van der Waals surface area contributed by atoms with Crippen LogP contribution in [-0.2, 0) is 4.79 Å². The first kappa shape index (κ1) is 15.6. The fourth-order valence-electron chi connectivity index (χ4n) is 2.26. The Morgan fingerprint density at radius 3 is 2.70 bits per heavy atom. The van der Waals surface area contributed by atoms with Crippen LogP contribution in [0.2, 0.25) is 0 Å². The molecule has 0 radical (unpaired) electrons. The number of benzene rings is 1. The molecule has 0 unspecified atom stereocenters. The SMILES string of the molecule is N#Cc1ccc(NC(=O)[C@@H]2CSCN2C(=O)c2cccs2)cc1. The maximum absolute atomic E-state index is 12.5. The van der Waals surface area contributed by atoms with Crippen molar-refractivity contribution in [3.63, 3.8) is 0 Å². The van der Waals surface area contributed by atoms with Gasteiger partial charge in [0, 0.05) is 11.4 Å². The average molecular weight is 343 g/mol. The summed E-state index contributed by atoms with van der Waals surface area (Å²) in [7, 11) is 0. The summed E-state index contributed by atoms with van der Waals surface area (Å²) in [5.74, 6) is 0.788. The highest BCUT2D eigenvalue weighted by Crippen LogP contribution is 2.25. The molecule has 1 aromatic heterocycles. The molecular weight excluding hydrogens is 330 g/mol. The summed E-state index contributed by atoms with van der Waals surface area (Å²) in [5, 5.41) is 13.4. The molecule has 0 spiro atoms. The number of hydrogen-bond acceptors (Lipinski definition) is 5. The van der Waals surface area contributed by atoms with Gasteiger partial charge in [-0.25, -0.2) is 0 Å². The van der Waals surface area contributed by atoms with Crippen molar-refractivity contribution >= 4 is 40.6 Å². The number of rotatable bonds is 3. The lowest BCUT2D eigenvalue weighted by Crippen LogP contribution is -2.44. The zero-order valence-corrected chi connectivity index (χ0v) is 13.7. The van der Waals surface area contributed by atoms with E-state index < -0.39 is 6.04 Å². The van der Waals surface area contributed by atoms with Crippen molar-refractivity contribution in [2.24, 2.45) is 0 Å². The van der Waals surface area contributed by atoms with Crippen molar-refractivity contribution in [2.75, 3.05) is 16.9 Å². The molecule has 3 rings (SSSR count). The molecule has 1 fully saturated rings. The van der Waals surface area contributed by atoms with Gasteiger partial charge in [0.05, 0.1) is 22.4 Å². The molecule has 2 amide bonds. The van der Waals surface area contributed by atoms with Crippen LogP contribution >= 0.6 is 23.1 Å². The lowest BCUT2D eigenvalue weighted by atomic mass is 10.2. The minimum atomic E-state index is -0.481. The van der Waals surface area contributed by atoms with Crippen molar-refractivity contribution in [2.45, 2.75) is 6.04 Å². The number of hydrogen-bond donors (Lipinski definition) is 1. The van der Waals surface area contributed by atoms with Crippen LogP contribution in [0.15, 0.2) is 41.8 Å². The van der Waals surface area contributed by atoms with Crippen LogP contribution in [0.5, 0.6) is 0 Å². The Hall–Kier alpha value is -2.30. The minimum absolute atomic E-state index is 0.107. The Balaban J connectivity index is 1.70. The Labute approximate surface area is 141 Å². The summed E-state index contributed by atoms with van der Waals surface area (Å²) in [6.45, 7) is 0. The van der Waals surface area contributed by atoms with Gasteiger partial charge in [-0.15, -0.1) is 23.1 Å². The first-order chi connectivity index (χ1) is 11.2. The molecule has 0 aliphatic carbocycles. The van der Waals surface area contributed by atoms with Crippen molar-refractivity contribution in [1.29, 1.82) is 5.26 Å². The van der Waals surface area contributed by atoms with Gasteiger partial charge in [-0.3, -0.25) is 9.59 Å². The number of anilines is 1. The lowest BCUT2D eigenvalue weighted by Gasteiger charge is -2.22. The molecule has 2 heterocycles. The van der Waals surface area contributed by atoms with E-state index in [-0.39, 0.29) is 11.8 Å². The molecule has 1 aliphatic rings. The monoisotopic (exact) mass is 343 g/mol. The van der Waals surface area contributed by atoms with Crippen LogP contribution in [0.4, 0.5) is 5.69 Å². The first-order valence-electron chi connectivity index (χ1n) is 6.92. The Kier molecular flexibility index (Phi) is 4.65. The number of thioether (sulfide) groups is 1. The fraction of sp³-hybridized carbons (Fsp3) is 0.188. The maximum Gasteiger partial charge on any atom is 0.265 e. The van der Waals surface area contributed by atoms with Crippen LogP contribution in [0.1, 0.15) is 15.2 Å². The Morgan fingerprint density at radius 1 is 1.26 bits per heavy atom. The molecule has 7 heteroatoms. The van der Waals surface area contributed by atoms with Crippen molar-refractivity contribution in [3.8, 4) is 6.07 Å². The number of carbonyl (C=O) groups is 2. The Morgan fingerprint density at radius 2 is 2.04 bits per heavy atom. The van der Waals surface area contributed by atoms with Crippen LogP contribution < -0.4 is 5.32 Å². The number of nitriles is 1. The fourth-order valence-corrected chi connectivity index (χ4v) is 4.09. The number of carbonyl (C=O) groups excluding carboxylic acids is 2. The molecule has 1 atom stereocenters. The predicted molar refractivity (Wildman–Crippen MR) is 91.4 cm³/mol. The molecule has 0 saturated carbocycles. The highest BCUT2D eigenvalue weighted by atomic mass is 32.2. The third-order valence-electron chi connectivity index (χ3n) is 3.46. The van der Waals surface area contributed by atoms with E-state index in [1.807, 2.05) is 17.5 Å². The van der Waals surface area contributed by atoms with Gasteiger partial charge < -0.3 is 10.2 Å². The van der Waals surface area contributed by atoms with Gasteiger partial charge in [0.2, 0.25) is 5.91 Å². The summed E-state index contributed by atoms with van der Waals surface area (Å²) in [6.07, 6.45) is 0.